The number of amides is 1. The highest BCUT2D eigenvalue weighted by molar-refractivity contribution is 7.91. The smallest absolute Gasteiger partial charge is 0.236 e. The fourth-order valence-electron chi connectivity index (χ4n) is 3.56. The molecule has 2 aliphatic rings. The molecule has 2 saturated heterocycles. The van der Waals surface area contributed by atoms with Crippen LogP contribution in [0, 0.1) is 5.92 Å². The summed E-state index contributed by atoms with van der Waals surface area (Å²) in [6, 6.07) is 10.2. The number of carbonyl (C=O) groups is 1. The molecule has 132 valence electrons. The van der Waals surface area contributed by atoms with Gasteiger partial charge in [-0.1, -0.05) is 30.3 Å². The Morgan fingerprint density at radius 2 is 1.88 bits per heavy atom. The topological polar surface area (TPSA) is 57.7 Å². The van der Waals surface area contributed by atoms with E-state index < -0.39 is 9.84 Å². The molecule has 0 radical (unpaired) electrons. The quantitative estimate of drug-likeness (QED) is 0.774. The Morgan fingerprint density at radius 1 is 1.08 bits per heavy atom. The van der Waals surface area contributed by atoms with Crippen LogP contribution in [0.4, 0.5) is 0 Å². The summed E-state index contributed by atoms with van der Waals surface area (Å²) in [6.07, 6.45) is 2.57. The van der Waals surface area contributed by atoms with Gasteiger partial charge in [0.1, 0.15) is 0 Å². The average molecular weight is 350 g/mol. The van der Waals surface area contributed by atoms with E-state index in [4.69, 9.17) is 0 Å². The highest BCUT2D eigenvalue weighted by Gasteiger charge is 2.29. The van der Waals surface area contributed by atoms with Gasteiger partial charge in [0.2, 0.25) is 5.91 Å². The predicted molar refractivity (Wildman–Crippen MR) is 94.5 cm³/mol. The Balaban J connectivity index is 1.40. The van der Waals surface area contributed by atoms with Crippen molar-refractivity contribution < 1.29 is 13.2 Å². The van der Waals surface area contributed by atoms with Gasteiger partial charge in [0.15, 0.2) is 9.84 Å². The first-order valence-electron chi connectivity index (χ1n) is 8.76. The van der Waals surface area contributed by atoms with Crippen molar-refractivity contribution in [2.45, 2.75) is 19.3 Å². The van der Waals surface area contributed by atoms with Crippen molar-refractivity contribution in [2.75, 3.05) is 44.2 Å². The van der Waals surface area contributed by atoms with E-state index in [0.717, 1.165) is 45.4 Å². The highest BCUT2D eigenvalue weighted by atomic mass is 32.2. The maximum atomic E-state index is 12.3. The molecule has 2 fully saturated rings. The minimum Gasteiger partial charge on any atom is -0.340 e. The van der Waals surface area contributed by atoms with Crippen molar-refractivity contribution in [3.63, 3.8) is 0 Å². The molecule has 0 aromatic heterocycles. The normalized spacial score (nSPS) is 24.4. The molecular weight excluding hydrogens is 324 g/mol. The van der Waals surface area contributed by atoms with Gasteiger partial charge in [0, 0.05) is 19.6 Å². The minimum absolute atomic E-state index is 0.191. The van der Waals surface area contributed by atoms with Gasteiger partial charge in [-0.2, -0.15) is 0 Å². The summed E-state index contributed by atoms with van der Waals surface area (Å²) in [5.74, 6) is 1.14. The Bertz CT molecular complexity index is 660. The Hall–Kier alpha value is -1.40. The van der Waals surface area contributed by atoms with Gasteiger partial charge in [-0.25, -0.2) is 8.42 Å². The Morgan fingerprint density at radius 3 is 2.54 bits per heavy atom. The molecule has 3 rings (SSSR count). The zero-order valence-electron chi connectivity index (χ0n) is 14.1. The van der Waals surface area contributed by atoms with Crippen molar-refractivity contribution in [1.29, 1.82) is 0 Å². The number of hydrogen-bond acceptors (Lipinski definition) is 4. The van der Waals surface area contributed by atoms with Crippen LogP contribution in [-0.2, 0) is 21.1 Å². The maximum Gasteiger partial charge on any atom is 0.236 e. The molecule has 1 amide bonds. The van der Waals surface area contributed by atoms with Crippen LogP contribution in [0.3, 0.4) is 0 Å². The van der Waals surface area contributed by atoms with E-state index in [1.165, 1.54) is 5.56 Å². The molecule has 0 bridgehead atoms. The third-order valence-electron chi connectivity index (χ3n) is 5.09. The van der Waals surface area contributed by atoms with Crippen LogP contribution in [0.1, 0.15) is 18.4 Å². The lowest BCUT2D eigenvalue weighted by Gasteiger charge is -2.34. The molecule has 0 unspecified atom stereocenters. The fourth-order valence-corrected chi connectivity index (χ4v) is 5.47. The first-order valence-corrected chi connectivity index (χ1v) is 10.6. The second-order valence-corrected chi connectivity index (χ2v) is 9.18. The van der Waals surface area contributed by atoms with E-state index in [0.29, 0.717) is 18.1 Å². The molecule has 0 spiro atoms. The van der Waals surface area contributed by atoms with Crippen molar-refractivity contribution in [1.82, 2.24) is 9.80 Å². The lowest BCUT2D eigenvalue weighted by molar-refractivity contribution is -0.136. The summed E-state index contributed by atoms with van der Waals surface area (Å²) in [5.41, 5.74) is 1.26. The molecule has 0 aliphatic carbocycles. The SMILES string of the molecule is O=C1CN(CC[C@@H]2CCS(=O)(=O)C2)CCN1CCc1ccccc1. The lowest BCUT2D eigenvalue weighted by Crippen LogP contribution is -2.51. The molecule has 24 heavy (non-hydrogen) atoms. The van der Waals surface area contributed by atoms with Gasteiger partial charge in [-0.3, -0.25) is 9.69 Å². The fraction of sp³-hybridized carbons (Fsp3) is 0.611. The van der Waals surface area contributed by atoms with Crippen LogP contribution in [0.15, 0.2) is 30.3 Å². The van der Waals surface area contributed by atoms with E-state index >= 15 is 0 Å². The maximum absolute atomic E-state index is 12.3. The van der Waals surface area contributed by atoms with E-state index in [9.17, 15) is 13.2 Å². The zero-order valence-corrected chi connectivity index (χ0v) is 14.9. The Labute approximate surface area is 144 Å². The standard InChI is InChI=1S/C18H26N2O3S/c21-18-14-19(9-6-17-8-13-24(22,23)15-17)11-12-20(18)10-7-16-4-2-1-3-5-16/h1-5,17H,6-15H2/t17-/m1/s1. The van der Waals surface area contributed by atoms with Crippen LogP contribution < -0.4 is 0 Å². The second-order valence-electron chi connectivity index (χ2n) is 6.95. The molecular formula is C18H26N2O3S. The van der Waals surface area contributed by atoms with E-state index in [1.54, 1.807) is 0 Å². The van der Waals surface area contributed by atoms with Gasteiger partial charge in [0.05, 0.1) is 18.1 Å². The third-order valence-corrected chi connectivity index (χ3v) is 6.93. The molecule has 2 heterocycles. The lowest BCUT2D eigenvalue weighted by atomic mass is 10.0. The third kappa shape index (κ3) is 4.80. The number of nitrogens with zero attached hydrogens (tertiary/aromatic N) is 2. The highest BCUT2D eigenvalue weighted by Crippen LogP contribution is 2.22. The number of sulfone groups is 1. The van der Waals surface area contributed by atoms with E-state index in [-0.39, 0.29) is 11.8 Å². The average Bonchev–Trinajstić information content (AvgIpc) is 2.92. The van der Waals surface area contributed by atoms with Crippen molar-refractivity contribution in [3.8, 4) is 0 Å². The van der Waals surface area contributed by atoms with Crippen LogP contribution in [0.5, 0.6) is 0 Å². The molecule has 1 atom stereocenters. The molecule has 1 aromatic carbocycles. The molecule has 5 nitrogen and oxygen atoms in total. The summed E-state index contributed by atoms with van der Waals surface area (Å²) in [7, 11) is -2.80. The number of hydrogen-bond donors (Lipinski definition) is 0. The summed E-state index contributed by atoms with van der Waals surface area (Å²) in [6.45, 7) is 3.74. The number of carbonyl (C=O) groups excluding carboxylic acids is 1. The largest absolute Gasteiger partial charge is 0.340 e. The van der Waals surface area contributed by atoms with E-state index in [1.807, 2.05) is 23.1 Å². The summed E-state index contributed by atoms with van der Waals surface area (Å²) < 4.78 is 23.0. The van der Waals surface area contributed by atoms with Crippen molar-refractivity contribution >= 4 is 15.7 Å². The van der Waals surface area contributed by atoms with Gasteiger partial charge >= 0.3 is 0 Å². The molecule has 1 aromatic rings. The minimum atomic E-state index is -2.80. The number of rotatable bonds is 6. The van der Waals surface area contributed by atoms with Crippen LogP contribution in [-0.4, -0.2) is 68.4 Å². The number of piperazine rings is 1. The van der Waals surface area contributed by atoms with Crippen LogP contribution in [0.25, 0.3) is 0 Å². The summed E-state index contributed by atoms with van der Waals surface area (Å²) in [4.78, 5) is 16.4. The predicted octanol–water partition coefficient (Wildman–Crippen LogP) is 1.20. The van der Waals surface area contributed by atoms with Crippen LogP contribution >= 0.6 is 0 Å². The zero-order chi connectivity index (χ0) is 17.0. The molecule has 0 saturated carbocycles. The van der Waals surface area contributed by atoms with Gasteiger partial charge in [0.25, 0.3) is 0 Å². The van der Waals surface area contributed by atoms with Gasteiger partial charge < -0.3 is 4.90 Å². The van der Waals surface area contributed by atoms with Crippen molar-refractivity contribution in [3.05, 3.63) is 35.9 Å². The molecule has 0 N–H and O–H groups in total. The monoisotopic (exact) mass is 350 g/mol. The number of benzene rings is 1. The molecule has 6 heteroatoms. The summed E-state index contributed by atoms with van der Waals surface area (Å²) >= 11 is 0. The molecule has 2 aliphatic heterocycles. The second kappa shape index (κ2) is 7.66. The van der Waals surface area contributed by atoms with E-state index in [2.05, 4.69) is 17.0 Å². The summed E-state index contributed by atoms with van der Waals surface area (Å²) in [5, 5.41) is 0. The Kier molecular flexibility index (Phi) is 5.56. The van der Waals surface area contributed by atoms with Crippen LogP contribution in [0.2, 0.25) is 0 Å². The first kappa shape index (κ1) is 17.4. The van der Waals surface area contributed by atoms with Gasteiger partial charge in [-0.15, -0.1) is 0 Å². The first-order chi connectivity index (χ1) is 11.5. The van der Waals surface area contributed by atoms with Crippen molar-refractivity contribution in [2.24, 2.45) is 5.92 Å². The van der Waals surface area contributed by atoms with Gasteiger partial charge in [-0.05, 0) is 37.3 Å².